The molecule has 148 valence electrons. The molecule has 2 aromatic rings. The number of hydroxylamine groups is 2. The van der Waals surface area contributed by atoms with Gasteiger partial charge >= 0.3 is 12.1 Å². The van der Waals surface area contributed by atoms with Crippen molar-refractivity contribution in [3.05, 3.63) is 69.7 Å². The number of nitrogens with zero attached hydrogens (tertiary/aromatic N) is 3. The number of carbonyl (C=O) groups is 1. The fraction of sp³-hybridized carbons (Fsp3) is 0.167. The number of carboxylic acids is 1. The summed E-state index contributed by atoms with van der Waals surface area (Å²) in [4.78, 5) is 17.5. The normalized spacial score (nSPS) is 15.1. The average Bonchev–Trinajstić information content (AvgIpc) is 2.77. The largest absolute Gasteiger partial charge is 0.490 e. The lowest BCUT2D eigenvalue weighted by Crippen LogP contribution is -2.31. The Morgan fingerprint density at radius 3 is 2.36 bits per heavy atom. The first-order valence-electron chi connectivity index (χ1n) is 7.79. The second-order valence-corrected chi connectivity index (χ2v) is 5.92. The van der Waals surface area contributed by atoms with Crippen molar-refractivity contribution in [3.63, 3.8) is 0 Å². The third-order valence-corrected chi connectivity index (χ3v) is 3.80. The molecule has 6 nitrogen and oxygen atoms in total. The number of halogens is 4. The van der Waals surface area contributed by atoms with Gasteiger partial charge < -0.3 is 5.11 Å². The summed E-state index contributed by atoms with van der Waals surface area (Å²) in [6, 6.07) is 15.1. The van der Waals surface area contributed by atoms with Crippen molar-refractivity contribution in [1.29, 1.82) is 0 Å². The lowest BCUT2D eigenvalue weighted by molar-refractivity contribution is -0.192. The van der Waals surface area contributed by atoms with Gasteiger partial charge in [0, 0.05) is 22.9 Å². The Labute approximate surface area is 162 Å². The summed E-state index contributed by atoms with van der Waals surface area (Å²) < 4.78 is 31.7. The fourth-order valence-corrected chi connectivity index (χ4v) is 2.52. The van der Waals surface area contributed by atoms with E-state index in [4.69, 9.17) is 21.5 Å². The van der Waals surface area contributed by atoms with E-state index in [1.807, 2.05) is 42.5 Å². The fourth-order valence-electron chi connectivity index (χ4n) is 2.34. The van der Waals surface area contributed by atoms with E-state index in [0.29, 0.717) is 16.6 Å². The Balaban J connectivity index is 0.000000345. The second-order valence-electron chi connectivity index (χ2n) is 5.49. The van der Waals surface area contributed by atoms with Gasteiger partial charge in [-0.25, -0.2) is 14.9 Å². The third kappa shape index (κ3) is 5.30. The minimum absolute atomic E-state index is 0.229. The summed E-state index contributed by atoms with van der Waals surface area (Å²) >= 11 is 6.12. The van der Waals surface area contributed by atoms with Gasteiger partial charge in [-0.2, -0.15) is 13.2 Å². The number of hydrogen-bond acceptors (Lipinski definition) is 4. The standard InChI is InChI=1S/C16H14ClN3O.C2HF3O2/c1-18-15-10-20(21)16(11-5-3-2-4-6-11)13-9-12(17)7-8-14(13)19-15;3-2(4,5)1(6)7/h2-9,21H,10H2,1H3;(H,6,7). The minimum Gasteiger partial charge on any atom is -0.475 e. The summed E-state index contributed by atoms with van der Waals surface area (Å²) in [6.07, 6.45) is -5.08. The average molecular weight is 414 g/mol. The van der Waals surface area contributed by atoms with Crippen LogP contribution in [0.3, 0.4) is 0 Å². The van der Waals surface area contributed by atoms with E-state index in [0.717, 1.165) is 16.1 Å². The molecule has 1 aliphatic rings. The molecule has 1 heterocycles. The minimum atomic E-state index is -5.08. The lowest BCUT2D eigenvalue weighted by atomic mass is 10.1. The molecule has 0 aromatic heterocycles. The number of aliphatic carboxylic acids is 1. The molecule has 0 radical (unpaired) electrons. The maximum atomic E-state index is 10.6. The molecule has 2 N–H and O–H groups in total. The van der Waals surface area contributed by atoms with Gasteiger partial charge in [0.2, 0.25) is 0 Å². The van der Waals surface area contributed by atoms with Gasteiger partial charge in [0.1, 0.15) is 12.4 Å². The maximum absolute atomic E-state index is 10.6. The molecule has 0 amide bonds. The summed E-state index contributed by atoms with van der Waals surface area (Å²) in [7, 11) is 1.66. The van der Waals surface area contributed by atoms with Crippen LogP contribution in [-0.2, 0) is 4.79 Å². The van der Waals surface area contributed by atoms with Gasteiger partial charge in [0.15, 0.2) is 0 Å². The van der Waals surface area contributed by atoms with Gasteiger partial charge in [-0.3, -0.25) is 10.2 Å². The topological polar surface area (TPSA) is 85.5 Å². The lowest BCUT2D eigenvalue weighted by Gasteiger charge is -2.19. The van der Waals surface area contributed by atoms with Gasteiger partial charge in [0.05, 0.1) is 11.1 Å². The zero-order chi connectivity index (χ0) is 20.9. The van der Waals surface area contributed by atoms with Crippen LogP contribution in [0.15, 0.2) is 58.5 Å². The van der Waals surface area contributed by atoms with Crippen LogP contribution in [-0.4, -0.2) is 47.0 Å². The first-order chi connectivity index (χ1) is 13.1. The number of rotatable bonds is 1. The van der Waals surface area contributed by atoms with Crippen molar-refractivity contribution in [1.82, 2.24) is 5.06 Å². The van der Waals surface area contributed by atoms with Crippen LogP contribution in [0.1, 0.15) is 5.56 Å². The summed E-state index contributed by atoms with van der Waals surface area (Å²) in [5, 5.41) is 20.9. The van der Waals surface area contributed by atoms with Crippen LogP contribution < -0.4 is 10.6 Å². The summed E-state index contributed by atoms with van der Waals surface area (Å²) in [5.41, 5.74) is 1.58. The predicted octanol–water partition coefficient (Wildman–Crippen LogP) is 2.48. The van der Waals surface area contributed by atoms with Crippen LogP contribution in [0.4, 0.5) is 13.2 Å². The molecular weight excluding hydrogens is 399 g/mol. The van der Waals surface area contributed by atoms with Crippen LogP contribution in [0.5, 0.6) is 0 Å². The molecule has 0 unspecified atom stereocenters. The number of fused-ring (bicyclic) bond motifs is 1. The molecule has 0 saturated heterocycles. The van der Waals surface area contributed by atoms with Crippen molar-refractivity contribution >= 4 is 29.1 Å². The first kappa shape index (κ1) is 21.4. The molecule has 0 bridgehead atoms. The zero-order valence-corrected chi connectivity index (χ0v) is 15.2. The molecule has 2 aromatic carbocycles. The molecule has 3 rings (SSSR count). The number of alkyl halides is 3. The van der Waals surface area contributed by atoms with E-state index in [1.54, 1.807) is 13.1 Å². The van der Waals surface area contributed by atoms with Gasteiger partial charge in [-0.05, 0) is 18.2 Å². The van der Waals surface area contributed by atoms with E-state index < -0.39 is 12.1 Å². The molecule has 0 saturated carbocycles. The van der Waals surface area contributed by atoms with E-state index in [-0.39, 0.29) is 6.54 Å². The monoisotopic (exact) mass is 413 g/mol. The Morgan fingerprint density at radius 2 is 1.82 bits per heavy atom. The van der Waals surface area contributed by atoms with Crippen molar-refractivity contribution in [2.24, 2.45) is 9.98 Å². The summed E-state index contributed by atoms with van der Waals surface area (Å²) in [5.74, 6) is -2.19. The zero-order valence-electron chi connectivity index (χ0n) is 14.5. The van der Waals surface area contributed by atoms with E-state index in [1.165, 1.54) is 5.06 Å². The predicted molar refractivity (Wildman–Crippen MR) is 96.7 cm³/mol. The molecule has 0 aliphatic carbocycles. The second kappa shape index (κ2) is 8.85. The van der Waals surface area contributed by atoms with E-state index >= 15 is 0 Å². The molecule has 10 heteroatoms. The molecule has 0 fully saturated rings. The number of hydrogen-bond donors (Lipinski definition) is 2. The highest BCUT2D eigenvalue weighted by Gasteiger charge is 2.38. The number of carboxylic acid groups (broad SMARTS) is 1. The highest BCUT2D eigenvalue weighted by molar-refractivity contribution is 6.30. The molecule has 1 aliphatic heterocycles. The number of amidine groups is 1. The Bertz CT molecular complexity index is 1010. The smallest absolute Gasteiger partial charge is 0.475 e. The van der Waals surface area contributed by atoms with Crippen LogP contribution >= 0.6 is 11.6 Å². The highest BCUT2D eigenvalue weighted by Crippen LogP contribution is 2.16. The Kier molecular flexibility index (Phi) is 6.76. The number of benzene rings is 2. The van der Waals surface area contributed by atoms with Gasteiger partial charge in [-0.15, -0.1) is 0 Å². The van der Waals surface area contributed by atoms with E-state index in [9.17, 15) is 18.4 Å². The van der Waals surface area contributed by atoms with Crippen molar-refractivity contribution in [2.45, 2.75) is 6.18 Å². The van der Waals surface area contributed by atoms with Crippen LogP contribution in [0, 0.1) is 0 Å². The van der Waals surface area contributed by atoms with Crippen molar-refractivity contribution in [2.75, 3.05) is 13.6 Å². The Morgan fingerprint density at radius 1 is 1.21 bits per heavy atom. The van der Waals surface area contributed by atoms with Crippen molar-refractivity contribution in [3.8, 4) is 0 Å². The first-order valence-corrected chi connectivity index (χ1v) is 8.17. The SMILES string of the molecule is CN=C1CN(O)C(c2ccccc2)=c2cc(Cl)ccc2=N1.O=C(O)C(F)(F)F. The Hall–Kier alpha value is -2.91. The highest BCUT2D eigenvalue weighted by atomic mass is 35.5. The van der Waals surface area contributed by atoms with Gasteiger partial charge in [-0.1, -0.05) is 41.9 Å². The van der Waals surface area contributed by atoms with E-state index in [2.05, 4.69) is 9.98 Å². The van der Waals surface area contributed by atoms with Crippen LogP contribution in [0.25, 0.3) is 5.70 Å². The summed E-state index contributed by atoms with van der Waals surface area (Å²) in [6.45, 7) is 0.229. The molecular formula is C18H15ClF3N3O3. The quantitative estimate of drug-likeness (QED) is 0.752. The molecule has 0 spiro atoms. The van der Waals surface area contributed by atoms with Crippen LogP contribution in [0.2, 0.25) is 5.02 Å². The number of aliphatic imine (C=N–C) groups is 1. The third-order valence-electron chi connectivity index (χ3n) is 3.56. The molecule has 0 atom stereocenters. The van der Waals surface area contributed by atoms with Crippen molar-refractivity contribution < 1.29 is 28.3 Å². The maximum Gasteiger partial charge on any atom is 0.490 e. The van der Waals surface area contributed by atoms with Gasteiger partial charge in [0.25, 0.3) is 0 Å². The molecule has 28 heavy (non-hydrogen) atoms.